The van der Waals surface area contributed by atoms with E-state index >= 15 is 0 Å². The van der Waals surface area contributed by atoms with E-state index in [0.717, 1.165) is 12.3 Å². The SMILES string of the molecule is Cc1ccncc1C(N)CC1CC1. The maximum Gasteiger partial charge on any atom is 0.0318 e. The summed E-state index contributed by atoms with van der Waals surface area (Å²) >= 11 is 0. The van der Waals surface area contributed by atoms with Crippen molar-refractivity contribution in [3.63, 3.8) is 0 Å². The van der Waals surface area contributed by atoms with Crippen LogP contribution in [0.1, 0.15) is 36.4 Å². The molecule has 2 nitrogen and oxygen atoms in total. The molecule has 0 saturated heterocycles. The Bertz CT molecular complexity index is 292. The number of nitrogens with two attached hydrogens (primary N) is 1. The van der Waals surface area contributed by atoms with Crippen molar-refractivity contribution in [2.24, 2.45) is 11.7 Å². The normalized spacial score (nSPS) is 18.6. The number of aryl methyl sites for hydroxylation is 1. The van der Waals surface area contributed by atoms with Crippen molar-refractivity contribution in [2.45, 2.75) is 32.2 Å². The van der Waals surface area contributed by atoms with Crippen molar-refractivity contribution in [1.82, 2.24) is 4.98 Å². The van der Waals surface area contributed by atoms with Crippen LogP contribution in [0.5, 0.6) is 0 Å². The fourth-order valence-corrected chi connectivity index (χ4v) is 1.70. The highest BCUT2D eigenvalue weighted by Gasteiger charge is 2.24. The number of pyridine rings is 1. The number of hydrogen-bond donors (Lipinski definition) is 1. The van der Waals surface area contributed by atoms with Gasteiger partial charge in [0.1, 0.15) is 0 Å². The molecule has 1 aliphatic carbocycles. The Morgan fingerprint density at radius 1 is 1.62 bits per heavy atom. The molecule has 0 amide bonds. The van der Waals surface area contributed by atoms with E-state index in [9.17, 15) is 0 Å². The highest BCUT2D eigenvalue weighted by atomic mass is 14.7. The van der Waals surface area contributed by atoms with Gasteiger partial charge in [-0.3, -0.25) is 4.98 Å². The van der Waals surface area contributed by atoms with E-state index < -0.39 is 0 Å². The summed E-state index contributed by atoms with van der Waals surface area (Å²) in [5.74, 6) is 0.884. The quantitative estimate of drug-likeness (QED) is 0.766. The molecule has 0 bridgehead atoms. The van der Waals surface area contributed by atoms with E-state index in [-0.39, 0.29) is 6.04 Å². The average Bonchev–Trinajstić information content (AvgIpc) is 2.89. The summed E-state index contributed by atoms with van der Waals surface area (Å²) in [4.78, 5) is 4.11. The Hall–Kier alpha value is -0.890. The van der Waals surface area contributed by atoms with E-state index in [1.54, 1.807) is 0 Å². The van der Waals surface area contributed by atoms with Gasteiger partial charge in [0.25, 0.3) is 0 Å². The second-order valence-electron chi connectivity index (χ2n) is 4.02. The highest BCUT2D eigenvalue weighted by Crippen LogP contribution is 2.36. The molecular weight excluding hydrogens is 160 g/mol. The van der Waals surface area contributed by atoms with Gasteiger partial charge in [0.05, 0.1) is 0 Å². The molecule has 0 radical (unpaired) electrons. The standard InChI is InChI=1S/C11H16N2/c1-8-4-5-13-7-10(8)11(12)6-9-2-3-9/h4-5,7,9,11H,2-3,6,12H2,1H3. The molecule has 1 aliphatic rings. The van der Waals surface area contributed by atoms with Gasteiger partial charge in [-0.05, 0) is 36.5 Å². The van der Waals surface area contributed by atoms with Crippen LogP contribution in [-0.4, -0.2) is 4.98 Å². The molecule has 1 saturated carbocycles. The summed E-state index contributed by atoms with van der Waals surface area (Å²) in [6, 6.07) is 2.23. The third kappa shape index (κ3) is 2.07. The smallest absolute Gasteiger partial charge is 0.0318 e. The van der Waals surface area contributed by atoms with Crippen LogP contribution in [0.2, 0.25) is 0 Å². The summed E-state index contributed by atoms with van der Waals surface area (Å²) in [6.45, 7) is 2.10. The van der Waals surface area contributed by atoms with Crippen molar-refractivity contribution in [2.75, 3.05) is 0 Å². The largest absolute Gasteiger partial charge is 0.324 e. The number of aromatic nitrogens is 1. The van der Waals surface area contributed by atoms with Crippen molar-refractivity contribution in [3.05, 3.63) is 29.6 Å². The molecule has 1 atom stereocenters. The predicted molar refractivity (Wildman–Crippen MR) is 53.2 cm³/mol. The summed E-state index contributed by atoms with van der Waals surface area (Å²) in [6.07, 6.45) is 7.59. The lowest BCUT2D eigenvalue weighted by Gasteiger charge is -2.12. The molecule has 0 spiro atoms. The molecule has 0 aliphatic heterocycles. The van der Waals surface area contributed by atoms with E-state index in [1.807, 2.05) is 18.5 Å². The first-order valence-corrected chi connectivity index (χ1v) is 4.93. The first kappa shape index (κ1) is 8.70. The van der Waals surface area contributed by atoms with E-state index in [1.165, 1.54) is 24.0 Å². The maximum absolute atomic E-state index is 6.10. The van der Waals surface area contributed by atoms with Crippen molar-refractivity contribution in [3.8, 4) is 0 Å². The molecule has 1 aromatic heterocycles. The summed E-state index contributed by atoms with van der Waals surface area (Å²) in [5, 5.41) is 0. The molecule has 1 fully saturated rings. The molecule has 1 unspecified atom stereocenters. The van der Waals surface area contributed by atoms with Gasteiger partial charge in [-0.1, -0.05) is 12.8 Å². The predicted octanol–water partition coefficient (Wildman–Crippen LogP) is 2.19. The Morgan fingerprint density at radius 3 is 3.00 bits per heavy atom. The fraction of sp³-hybridized carbons (Fsp3) is 0.545. The van der Waals surface area contributed by atoms with Crippen molar-refractivity contribution < 1.29 is 0 Å². The molecular formula is C11H16N2. The molecule has 1 heterocycles. The zero-order valence-electron chi connectivity index (χ0n) is 8.03. The second-order valence-corrected chi connectivity index (χ2v) is 4.02. The molecule has 1 aromatic rings. The zero-order chi connectivity index (χ0) is 9.26. The van der Waals surface area contributed by atoms with E-state index in [0.29, 0.717) is 0 Å². The minimum absolute atomic E-state index is 0.196. The van der Waals surface area contributed by atoms with Crippen LogP contribution in [0, 0.1) is 12.8 Å². The van der Waals surface area contributed by atoms with Crippen LogP contribution < -0.4 is 5.73 Å². The van der Waals surface area contributed by atoms with Crippen LogP contribution in [0.3, 0.4) is 0 Å². The number of hydrogen-bond acceptors (Lipinski definition) is 2. The number of rotatable bonds is 3. The van der Waals surface area contributed by atoms with Crippen LogP contribution >= 0.6 is 0 Å². The highest BCUT2D eigenvalue weighted by molar-refractivity contribution is 5.24. The Morgan fingerprint density at radius 2 is 2.38 bits per heavy atom. The first-order chi connectivity index (χ1) is 6.27. The minimum atomic E-state index is 0.196. The monoisotopic (exact) mass is 176 g/mol. The third-order valence-electron chi connectivity index (χ3n) is 2.76. The molecule has 2 rings (SSSR count). The lowest BCUT2D eigenvalue weighted by molar-refractivity contribution is 0.592. The molecule has 2 heteroatoms. The lowest BCUT2D eigenvalue weighted by Crippen LogP contribution is -2.12. The van der Waals surface area contributed by atoms with Gasteiger partial charge in [-0.25, -0.2) is 0 Å². The van der Waals surface area contributed by atoms with Gasteiger partial charge >= 0.3 is 0 Å². The molecule has 0 aromatic carbocycles. The Balaban J connectivity index is 2.09. The molecule has 2 N–H and O–H groups in total. The van der Waals surface area contributed by atoms with Crippen molar-refractivity contribution >= 4 is 0 Å². The summed E-state index contributed by atoms with van der Waals surface area (Å²) < 4.78 is 0. The minimum Gasteiger partial charge on any atom is -0.324 e. The summed E-state index contributed by atoms with van der Waals surface area (Å²) in [7, 11) is 0. The van der Waals surface area contributed by atoms with E-state index in [2.05, 4.69) is 11.9 Å². The molecule has 70 valence electrons. The average molecular weight is 176 g/mol. The van der Waals surface area contributed by atoms with Gasteiger partial charge in [-0.2, -0.15) is 0 Å². The summed E-state index contributed by atoms with van der Waals surface area (Å²) in [5.41, 5.74) is 8.58. The van der Waals surface area contributed by atoms with Crippen molar-refractivity contribution in [1.29, 1.82) is 0 Å². The lowest BCUT2D eigenvalue weighted by atomic mass is 10.00. The van der Waals surface area contributed by atoms with Gasteiger partial charge in [-0.15, -0.1) is 0 Å². The van der Waals surface area contributed by atoms with Gasteiger partial charge in [0.2, 0.25) is 0 Å². The van der Waals surface area contributed by atoms with Crippen LogP contribution in [0.15, 0.2) is 18.5 Å². The van der Waals surface area contributed by atoms with Crippen LogP contribution in [0.4, 0.5) is 0 Å². The van der Waals surface area contributed by atoms with Crippen LogP contribution in [-0.2, 0) is 0 Å². The first-order valence-electron chi connectivity index (χ1n) is 4.93. The Kier molecular flexibility index (Phi) is 2.32. The van der Waals surface area contributed by atoms with E-state index in [4.69, 9.17) is 5.73 Å². The number of nitrogens with zero attached hydrogens (tertiary/aromatic N) is 1. The van der Waals surface area contributed by atoms with Gasteiger partial charge in [0.15, 0.2) is 0 Å². The second kappa shape index (κ2) is 3.46. The van der Waals surface area contributed by atoms with Crippen LogP contribution in [0.25, 0.3) is 0 Å². The third-order valence-corrected chi connectivity index (χ3v) is 2.76. The maximum atomic E-state index is 6.10. The Labute approximate surface area is 79.2 Å². The topological polar surface area (TPSA) is 38.9 Å². The van der Waals surface area contributed by atoms with Gasteiger partial charge in [0, 0.05) is 18.4 Å². The fourth-order valence-electron chi connectivity index (χ4n) is 1.70. The zero-order valence-corrected chi connectivity index (χ0v) is 8.03. The molecule has 13 heavy (non-hydrogen) atoms. The van der Waals surface area contributed by atoms with Gasteiger partial charge < -0.3 is 5.73 Å².